The zero-order valence-electron chi connectivity index (χ0n) is 16.5. The first-order valence-corrected chi connectivity index (χ1v) is 12.3. The highest BCUT2D eigenvalue weighted by Crippen LogP contribution is 2.65. The Hall–Kier alpha value is -1.29. The van der Waals surface area contributed by atoms with Gasteiger partial charge in [0, 0.05) is 16.5 Å². The molecule has 0 bridgehead atoms. The van der Waals surface area contributed by atoms with Gasteiger partial charge in [0.2, 0.25) is 11.8 Å². The van der Waals surface area contributed by atoms with Gasteiger partial charge in [0.25, 0.3) is 10.4 Å². The molecule has 3 aromatic rings. The molecule has 3 aromatic heterocycles. The first-order valence-electron chi connectivity index (χ1n) is 9.13. The van der Waals surface area contributed by atoms with Crippen LogP contribution in [-0.2, 0) is 11.5 Å². The van der Waals surface area contributed by atoms with Crippen LogP contribution in [0.1, 0.15) is 50.3 Å². The third-order valence-corrected chi connectivity index (χ3v) is 7.93. The molecule has 10 heteroatoms. The molecule has 0 aliphatic heterocycles. The summed E-state index contributed by atoms with van der Waals surface area (Å²) < 4.78 is 12.4. The van der Waals surface area contributed by atoms with Gasteiger partial charge in [0.05, 0.1) is 10.1 Å². The number of nitrogens with zero attached hydrogens (tertiary/aromatic N) is 4. The summed E-state index contributed by atoms with van der Waals surface area (Å²) in [7, 11) is 0. The third-order valence-electron chi connectivity index (χ3n) is 4.85. The van der Waals surface area contributed by atoms with E-state index < -0.39 is 0 Å². The van der Waals surface area contributed by atoms with Gasteiger partial charge >= 0.3 is 0 Å². The van der Waals surface area contributed by atoms with Crippen molar-refractivity contribution in [3.05, 3.63) is 44.8 Å². The molecular weight excluding hydrogens is 448 g/mol. The van der Waals surface area contributed by atoms with Crippen molar-refractivity contribution in [2.75, 3.05) is 0 Å². The summed E-state index contributed by atoms with van der Waals surface area (Å²) in [5.41, 5.74) is 1.46. The molecule has 0 aromatic carbocycles. The standard InChI is InChI=1S/C19H21ClN4O2S3/c1-10(2)7-12-15(19(12,3)4)16-22-24-18(26-16)28-9-14-21-23-17(25-14)27-8-11-5-6-13(20)29-11/h5-7,12,15H,8-9H2,1-4H3/t12-,15+/m1/s1. The molecule has 2 atom stereocenters. The lowest BCUT2D eigenvalue weighted by Gasteiger charge is -1.97. The number of thioether (sulfide) groups is 2. The topological polar surface area (TPSA) is 77.8 Å². The van der Waals surface area contributed by atoms with Crippen LogP contribution in [0.5, 0.6) is 0 Å². The van der Waals surface area contributed by atoms with Crippen LogP contribution in [0.4, 0.5) is 0 Å². The Balaban J connectivity index is 1.30. The van der Waals surface area contributed by atoms with E-state index in [1.807, 2.05) is 12.1 Å². The fourth-order valence-corrected chi connectivity index (χ4v) is 5.78. The van der Waals surface area contributed by atoms with Crippen LogP contribution >= 0.6 is 46.5 Å². The molecule has 0 spiro atoms. The SMILES string of the molecule is CC(C)=C[C@@H]1[C@@H](c2nnc(SCc3nnc(SCc4ccc(Cl)s4)o3)o2)C1(C)C. The second kappa shape index (κ2) is 8.45. The Morgan fingerprint density at radius 3 is 2.55 bits per heavy atom. The molecule has 1 saturated carbocycles. The van der Waals surface area contributed by atoms with E-state index in [0.29, 0.717) is 33.9 Å². The number of aromatic nitrogens is 4. The Morgan fingerprint density at radius 1 is 1.10 bits per heavy atom. The minimum absolute atomic E-state index is 0.150. The summed E-state index contributed by atoms with van der Waals surface area (Å²) in [6.45, 7) is 8.71. The maximum absolute atomic E-state index is 5.95. The van der Waals surface area contributed by atoms with E-state index in [4.69, 9.17) is 20.4 Å². The number of hydrogen-bond acceptors (Lipinski definition) is 9. The molecule has 0 unspecified atom stereocenters. The molecule has 0 N–H and O–H groups in total. The van der Waals surface area contributed by atoms with Crippen LogP contribution in [0, 0.1) is 11.3 Å². The molecule has 0 amide bonds. The van der Waals surface area contributed by atoms with E-state index in [1.165, 1.54) is 34.0 Å². The van der Waals surface area contributed by atoms with Gasteiger partial charge in [-0.1, -0.05) is 60.6 Å². The quantitative estimate of drug-likeness (QED) is 0.275. The lowest BCUT2D eigenvalue weighted by atomic mass is 10.1. The van der Waals surface area contributed by atoms with E-state index in [9.17, 15) is 0 Å². The number of hydrogen-bond donors (Lipinski definition) is 0. The van der Waals surface area contributed by atoms with Crippen LogP contribution in [0.2, 0.25) is 4.34 Å². The van der Waals surface area contributed by atoms with Crippen LogP contribution in [0.3, 0.4) is 0 Å². The predicted molar refractivity (Wildman–Crippen MR) is 116 cm³/mol. The Morgan fingerprint density at radius 2 is 1.83 bits per heavy atom. The molecule has 4 rings (SSSR count). The molecular formula is C19H21ClN4O2S3. The molecule has 3 heterocycles. The third kappa shape index (κ3) is 4.90. The molecule has 0 radical (unpaired) electrons. The lowest BCUT2D eigenvalue weighted by Crippen LogP contribution is -1.90. The molecule has 29 heavy (non-hydrogen) atoms. The minimum Gasteiger partial charge on any atom is -0.416 e. The first kappa shape index (κ1) is 21.0. The van der Waals surface area contributed by atoms with Crippen molar-refractivity contribution in [1.29, 1.82) is 0 Å². The van der Waals surface area contributed by atoms with Crippen molar-refractivity contribution < 1.29 is 8.83 Å². The van der Waals surface area contributed by atoms with Crippen molar-refractivity contribution in [2.24, 2.45) is 11.3 Å². The van der Waals surface area contributed by atoms with E-state index in [2.05, 4.69) is 54.2 Å². The summed E-state index contributed by atoms with van der Waals surface area (Å²) in [5, 5.41) is 17.7. The van der Waals surface area contributed by atoms with Crippen molar-refractivity contribution in [3.8, 4) is 0 Å². The summed E-state index contributed by atoms with van der Waals surface area (Å²) in [4.78, 5) is 1.17. The lowest BCUT2D eigenvalue weighted by molar-refractivity contribution is 0.398. The monoisotopic (exact) mass is 468 g/mol. The van der Waals surface area contributed by atoms with E-state index >= 15 is 0 Å². The number of thiophene rings is 1. The van der Waals surface area contributed by atoms with Gasteiger partial charge in [-0.05, 0) is 37.3 Å². The van der Waals surface area contributed by atoms with E-state index in [-0.39, 0.29) is 11.3 Å². The van der Waals surface area contributed by atoms with Gasteiger partial charge < -0.3 is 8.83 Å². The minimum atomic E-state index is 0.150. The molecule has 1 fully saturated rings. The zero-order valence-corrected chi connectivity index (χ0v) is 19.7. The van der Waals surface area contributed by atoms with Gasteiger partial charge in [-0.15, -0.1) is 31.7 Å². The van der Waals surface area contributed by atoms with Gasteiger partial charge in [-0.3, -0.25) is 0 Å². The van der Waals surface area contributed by atoms with Crippen molar-refractivity contribution in [3.63, 3.8) is 0 Å². The average molecular weight is 469 g/mol. The maximum atomic E-state index is 5.95. The van der Waals surface area contributed by atoms with Crippen molar-refractivity contribution >= 4 is 46.5 Å². The molecule has 6 nitrogen and oxygen atoms in total. The Labute approximate surface area is 186 Å². The van der Waals surface area contributed by atoms with Crippen LogP contribution in [0.15, 0.2) is 43.1 Å². The summed E-state index contributed by atoms with van der Waals surface area (Å²) >= 11 is 10.4. The van der Waals surface area contributed by atoms with Gasteiger partial charge in [0.1, 0.15) is 0 Å². The smallest absolute Gasteiger partial charge is 0.277 e. The largest absolute Gasteiger partial charge is 0.416 e. The van der Waals surface area contributed by atoms with Crippen LogP contribution < -0.4 is 0 Å². The second-order valence-corrected chi connectivity index (χ2v) is 11.4. The summed E-state index contributed by atoms with van der Waals surface area (Å²) in [5.74, 6) is 3.21. The zero-order chi connectivity index (χ0) is 20.6. The van der Waals surface area contributed by atoms with Crippen LogP contribution in [-0.4, -0.2) is 20.4 Å². The maximum Gasteiger partial charge on any atom is 0.277 e. The molecule has 0 saturated heterocycles. The fourth-order valence-electron chi connectivity index (χ4n) is 3.26. The summed E-state index contributed by atoms with van der Waals surface area (Å²) in [6, 6.07) is 3.89. The number of allylic oxidation sites excluding steroid dienone is 2. The Bertz CT molecular complexity index is 1020. The fraction of sp³-hybridized carbons (Fsp3) is 0.474. The van der Waals surface area contributed by atoms with E-state index in [1.54, 1.807) is 11.3 Å². The van der Waals surface area contributed by atoms with Crippen molar-refractivity contribution in [1.82, 2.24) is 20.4 Å². The Kier molecular flexibility index (Phi) is 6.11. The van der Waals surface area contributed by atoms with Gasteiger partial charge in [-0.2, -0.15) is 0 Å². The highest BCUT2D eigenvalue weighted by molar-refractivity contribution is 7.98. The predicted octanol–water partition coefficient (Wildman–Crippen LogP) is 6.46. The highest BCUT2D eigenvalue weighted by atomic mass is 35.5. The van der Waals surface area contributed by atoms with Crippen molar-refractivity contribution in [2.45, 2.75) is 55.6 Å². The number of rotatable bonds is 8. The van der Waals surface area contributed by atoms with Crippen LogP contribution in [0.25, 0.3) is 0 Å². The van der Waals surface area contributed by atoms with Gasteiger partial charge in [0.15, 0.2) is 0 Å². The molecule has 1 aliphatic carbocycles. The molecule has 154 valence electrons. The highest BCUT2D eigenvalue weighted by Gasteiger charge is 2.60. The first-order chi connectivity index (χ1) is 13.8. The number of halogens is 1. The van der Waals surface area contributed by atoms with Gasteiger partial charge in [-0.25, -0.2) is 0 Å². The summed E-state index contributed by atoms with van der Waals surface area (Å²) in [6.07, 6.45) is 2.30. The second-order valence-electron chi connectivity index (χ2n) is 7.72. The molecule has 1 aliphatic rings. The van der Waals surface area contributed by atoms with E-state index in [0.717, 1.165) is 10.1 Å². The normalized spacial score (nSPS) is 20.0. The average Bonchev–Trinajstić information content (AvgIpc) is 3.20.